The van der Waals surface area contributed by atoms with Crippen molar-refractivity contribution in [1.29, 1.82) is 0 Å². The Morgan fingerprint density at radius 1 is 0.594 bits per heavy atom. The lowest BCUT2D eigenvalue weighted by molar-refractivity contribution is -0.213. The number of hydrogen-bond donors (Lipinski definition) is 0. The van der Waals surface area contributed by atoms with E-state index in [0.717, 1.165) is 31.9 Å². The van der Waals surface area contributed by atoms with E-state index in [1.165, 1.54) is 0 Å². The number of phosphoric ester groups is 1. The average molecular weight is 985 g/mol. The standard InChI is InChI=1S/C56H65O10PSi2/c1-8-59-53(57)56-39-49(65-68(54(2,3)4,45-31-19-11-20-32-45)46-33-21-12-22-34-46)51(63-56)52(64-56)50(66-69(55(5,6)7,47-35-23-13-24-36-47)48-37-25-14-26-38-48)42-62-67(58,60-40-43-27-15-9-16-28-43)61-41-44-29-17-10-18-30-44/h9-38,49-52H,8,39-42H2,1-7H3/t49-,50+,51+,52+,56-/m0/s1. The quantitative estimate of drug-likeness (QED) is 0.0417. The number of carbonyl (C=O) groups is 1. The first-order valence-corrected chi connectivity index (χ1v) is 29.1. The fourth-order valence-corrected chi connectivity index (χ4v) is 20.5. The highest BCUT2D eigenvalue weighted by Gasteiger charge is 2.69. The summed E-state index contributed by atoms with van der Waals surface area (Å²) in [6.45, 7) is 14.6. The third kappa shape index (κ3) is 10.6. The molecule has 6 aromatic rings. The molecule has 362 valence electrons. The largest absolute Gasteiger partial charge is 0.475 e. The van der Waals surface area contributed by atoms with E-state index >= 15 is 4.57 Å². The Kier molecular flexibility index (Phi) is 15.6. The van der Waals surface area contributed by atoms with E-state index in [2.05, 4.69) is 90.1 Å². The lowest BCUT2D eigenvalue weighted by atomic mass is 9.97. The molecule has 5 atom stereocenters. The normalized spacial score (nSPS) is 20.1. The molecule has 0 amide bonds. The summed E-state index contributed by atoms with van der Waals surface area (Å²) in [6, 6.07) is 60.1. The maximum atomic E-state index is 15.2. The second kappa shape index (κ2) is 21.3. The second-order valence-corrected chi connectivity index (χ2v) is 29.9. The lowest BCUT2D eigenvalue weighted by Gasteiger charge is -2.48. The molecular formula is C56H65O10PSi2. The van der Waals surface area contributed by atoms with Gasteiger partial charge in [-0.25, -0.2) is 9.36 Å². The summed E-state index contributed by atoms with van der Waals surface area (Å²) >= 11 is 0. The summed E-state index contributed by atoms with van der Waals surface area (Å²) in [6.07, 6.45) is -3.55. The highest BCUT2D eigenvalue weighted by Crippen LogP contribution is 2.54. The molecule has 8 rings (SSSR count). The fraction of sp³-hybridized carbons (Fsp3) is 0.339. The van der Waals surface area contributed by atoms with Crippen LogP contribution in [-0.2, 0) is 59.2 Å². The molecule has 2 aliphatic rings. The zero-order chi connectivity index (χ0) is 48.8. The van der Waals surface area contributed by atoms with Crippen molar-refractivity contribution in [3.05, 3.63) is 193 Å². The number of fused-ring (bicyclic) bond motifs is 2. The van der Waals surface area contributed by atoms with Crippen molar-refractivity contribution in [2.45, 2.75) is 108 Å². The van der Waals surface area contributed by atoms with Gasteiger partial charge in [-0.2, -0.15) is 0 Å². The predicted octanol–water partition coefficient (Wildman–Crippen LogP) is 9.88. The van der Waals surface area contributed by atoms with Crippen LogP contribution >= 0.6 is 7.82 Å². The Morgan fingerprint density at radius 3 is 1.38 bits per heavy atom. The minimum absolute atomic E-state index is 0.0425. The SMILES string of the molecule is CCOC(=O)[C@@]12C[C@H](O[Si](c3ccccc3)(c3ccccc3)C(C)(C)C)[C@@H](O1)[C@@H]([C@@H](COP(=O)(OCc1ccccc1)OCc1ccccc1)O[Si](c1ccccc1)(c1ccccc1)C(C)(C)C)O2. The van der Waals surface area contributed by atoms with Gasteiger partial charge in [0, 0.05) is 6.42 Å². The van der Waals surface area contributed by atoms with E-state index in [0.29, 0.717) is 0 Å². The van der Waals surface area contributed by atoms with Crippen LogP contribution < -0.4 is 20.7 Å². The molecule has 0 aliphatic carbocycles. The minimum Gasteiger partial charge on any atom is -0.462 e. The highest BCUT2D eigenvalue weighted by molar-refractivity contribution is 7.48. The van der Waals surface area contributed by atoms with Crippen LogP contribution in [0.3, 0.4) is 0 Å². The summed E-state index contributed by atoms with van der Waals surface area (Å²) in [7, 11) is -11.1. The van der Waals surface area contributed by atoms with Crippen LogP contribution in [-0.4, -0.2) is 66.0 Å². The third-order valence-electron chi connectivity index (χ3n) is 13.1. The molecule has 2 bridgehead atoms. The van der Waals surface area contributed by atoms with Crippen LogP contribution in [0.4, 0.5) is 0 Å². The summed E-state index contributed by atoms with van der Waals surface area (Å²) < 4.78 is 69.6. The molecule has 2 heterocycles. The van der Waals surface area contributed by atoms with Crippen LogP contribution in [0.2, 0.25) is 10.1 Å². The zero-order valence-corrected chi connectivity index (χ0v) is 43.6. The summed E-state index contributed by atoms with van der Waals surface area (Å²) in [4.78, 5) is 14.4. The Labute approximate surface area is 410 Å². The zero-order valence-electron chi connectivity index (χ0n) is 40.7. The van der Waals surface area contributed by atoms with Crippen molar-refractivity contribution >= 4 is 51.2 Å². The van der Waals surface area contributed by atoms with E-state index in [1.54, 1.807) is 6.92 Å². The fourth-order valence-electron chi connectivity index (χ4n) is 9.95. The minimum atomic E-state index is -4.39. The first-order valence-electron chi connectivity index (χ1n) is 23.9. The van der Waals surface area contributed by atoms with Crippen molar-refractivity contribution < 1.29 is 46.0 Å². The number of benzene rings is 6. The number of ether oxygens (including phenoxy) is 3. The van der Waals surface area contributed by atoms with E-state index in [-0.39, 0.29) is 32.8 Å². The molecule has 0 saturated carbocycles. The van der Waals surface area contributed by atoms with Crippen LogP contribution in [0.1, 0.15) is 66.0 Å². The van der Waals surface area contributed by atoms with E-state index in [1.807, 2.05) is 133 Å². The number of rotatable bonds is 20. The van der Waals surface area contributed by atoms with Gasteiger partial charge in [0.05, 0.1) is 38.6 Å². The molecule has 0 spiro atoms. The Hall–Kier alpha value is -4.83. The molecule has 2 aliphatic heterocycles. The van der Waals surface area contributed by atoms with Gasteiger partial charge in [0.2, 0.25) is 0 Å². The average Bonchev–Trinajstić information content (AvgIpc) is 3.93. The molecule has 0 aromatic heterocycles. The number of esters is 1. The van der Waals surface area contributed by atoms with Crippen LogP contribution in [0.25, 0.3) is 0 Å². The molecule has 6 aromatic carbocycles. The van der Waals surface area contributed by atoms with Crippen LogP contribution in [0.15, 0.2) is 182 Å². The van der Waals surface area contributed by atoms with E-state index in [4.69, 9.17) is 36.6 Å². The lowest BCUT2D eigenvalue weighted by Crippen LogP contribution is -2.71. The second-order valence-electron chi connectivity index (χ2n) is 19.7. The number of hydrogen-bond acceptors (Lipinski definition) is 10. The smallest absolute Gasteiger partial charge is 0.462 e. The summed E-state index contributed by atoms with van der Waals surface area (Å²) in [5.74, 6) is -2.49. The van der Waals surface area contributed by atoms with Gasteiger partial charge in [0.25, 0.3) is 22.4 Å². The highest BCUT2D eigenvalue weighted by atomic mass is 31.2. The molecule has 69 heavy (non-hydrogen) atoms. The van der Waals surface area contributed by atoms with Crippen molar-refractivity contribution in [3.63, 3.8) is 0 Å². The molecule has 10 nitrogen and oxygen atoms in total. The van der Waals surface area contributed by atoms with Crippen molar-refractivity contribution in [1.82, 2.24) is 0 Å². The molecule has 0 unspecified atom stereocenters. The molecular weight excluding hydrogens is 920 g/mol. The van der Waals surface area contributed by atoms with Gasteiger partial charge in [-0.1, -0.05) is 224 Å². The molecule has 0 N–H and O–H groups in total. The van der Waals surface area contributed by atoms with E-state index in [9.17, 15) is 4.79 Å². The maximum Gasteiger partial charge on any atom is 0.475 e. The van der Waals surface area contributed by atoms with E-state index < -0.39 is 70.7 Å². The van der Waals surface area contributed by atoms with Gasteiger partial charge in [-0.3, -0.25) is 13.6 Å². The topological polar surface area (TPSA) is 108 Å². The Morgan fingerprint density at radius 2 is 0.986 bits per heavy atom. The van der Waals surface area contributed by atoms with Crippen molar-refractivity contribution in [2.24, 2.45) is 0 Å². The van der Waals surface area contributed by atoms with Gasteiger partial charge >= 0.3 is 13.8 Å². The van der Waals surface area contributed by atoms with Crippen molar-refractivity contribution in [2.75, 3.05) is 13.2 Å². The predicted molar refractivity (Wildman–Crippen MR) is 275 cm³/mol. The third-order valence-corrected chi connectivity index (χ3v) is 24.6. The van der Waals surface area contributed by atoms with Gasteiger partial charge in [0.15, 0.2) is 0 Å². The monoisotopic (exact) mass is 984 g/mol. The number of phosphoric acid groups is 1. The maximum absolute atomic E-state index is 15.2. The Bertz CT molecular complexity index is 2490. The molecule has 13 heteroatoms. The van der Waals surface area contributed by atoms with Crippen LogP contribution in [0.5, 0.6) is 0 Å². The first kappa shape index (κ1) is 50.6. The van der Waals surface area contributed by atoms with Gasteiger partial charge < -0.3 is 23.1 Å². The Balaban J connectivity index is 1.27. The number of carbonyl (C=O) groups excluding carboxylic acids is 1. The van der Waals surface area contributed by atoms with Gasteiger partial charge in [0.1, 0.15) is 12.2 Å². The van der Waals surface area contributed by atoms with Crippen LogP contribution in [0, 0.1) is 0 Å². The van der Waals surface area contributed by atoms with Crippen molar-refractivity contribution in [3.8, 4) is 0 Å². The molecule has 2 saturated heterocycles. The summed E-state index contributed by atoms with van der Waals surface area (Å²) in [5, 5.41) is 3.24. The van der Waals surface area contributed by atoms with Gasteiger partial charge in [-0.15, -0.1) is 0 Å². The molecule has 0 radical (unpaired) electrons. The molecule has 2 fully saturated rings. The summed E-state index contributed by atoms with van der Waals surface area (Å²) in [5.41, 5.74) is 1.57. The van der Waals surface area contributed by atoms with Gasteiger partial charge in [-0.05, 0) is 48.9 Å². The first-order chi connectivity index (χ1) is 33.1.